The number of benzene rings is 2. The fraction of sp³-hybridized carbons (Fsp3) is 0.440. The third-order valence-corrected chi connectivity index (χ3v) is 7.41. The van der Waals surface area contributed by atoms with Gasteiger partial charge in [0.1, 0.15) is 0 Å². The lowest BCUT2D eigenvalue weighted by Gasteiger charge is -2.45. The zero-order chi connectivity index (χ0) is 20.8. The molecule has 3 aliphatic rings. The van der Waals surface area contributed by atoms with Crippen LogP contribution in [0.3, 0.4) is 0 Å². The summed E-state index contributed by atoms with van der Waals surface area (Å²) < 4.78 is 0. The van der Waals surface area contributed by atoms with Crippen LogP contribution in [0.4, 0.5) is 5.69 Å². The van der Waals surface area contributed by atoms with Crippen LogP contribution in [0.1, 0.15) is 42.9 Å². The van der Waals surface area contributed by atoms with E-state index in [0.717, 1.165) is 54.6 Å². The molecular weight excluding hydrogens is 374 g/mol. The number of hydrogen-bond donors (Lipinski definition) is 1. The van der Waals surface area contributed by atoms with Crippen LogP contribution in [0.5, 0.6) is 0 Å². The maximum absolute atomic E-state index is 13.2. The smallest absolute Gasteiger partial charge is 0.226 e. The highest BCUT2D eigenvalue weighted by Gasteiger charge is 2.48. The van der Waals surface area contributed by atoms with Gasteiger partial charge in [0.15, 0.2) is 0 Å². The van der Waals surface area contributed by atoms with Crippen molar-refractivity contribution < 1.29 is 9.90 Å². The lowest BCUT2D eigenvalue weighted by Crippen LogP contribution is -2.49. The molecule has 1 amide bonds. The molecule has 2 aromatic rings. The summed E-state index contributed by atoms with van der Waals surface area (Å²) in [7, 11) is 2.04. The summed E-state index contributed by atoms with van der Waals surface area (Å²) in [5.41, 5.74) is 4.96. The highest BCUT2D eigenvalue weighted by molar-refractivity contribution is 5.81. The van der Waals surface area contributed by atoms with E-state index in [4.69, 9.17) is 0 Å². The third-order valence-electron chi connectivity index (χ3n) is 7.41. The minimum Gasteiger partial charge on any atom is -0.394 e. The second-order valence-corrected chi connectivity index (χ2v) is 8.88. The normalized spacial score (nSPS) is 25.3. The Labute approximate surface area is 177 Å². The molecule has 0 bridgehead atoms. The Morgan fingerprint density at radius 1 is 1.17 bits per heavy atom. The van der Waals surface area contributed by atoms with Crippen molar-refractivity contribution in [1.29, 1.82) is 5.26 Å². The molecule has 5 heteroatoms. The van der Waals surface area contributed by atoms with Crippen molar-refractivity contribution in [2.75, 3.05) is 25.1 Å². The Morgan fingerprint density at radius 3 is 2.67 bits per heavy atom. The van der Waals surface area contributed by atoms with E-state index in [1.807, 2.05) is 31.3 Å². The highest BCUT2D eigenvalue weighted by atomic mass is 16.3. The number of aliphatic hydroxyl groups excluding tert-OH is 1. The van der Waals surface area contributed by atoms with E-state index in [0.29, 0.717) is 5.56 Å². The van der Waals surface area contributed by atoms with E-state index in [9.17, 15) is 15.2 Å². The van der Waals surface area contributed by atoms with Crippen LogP contribution >= 0.6 is 0 Å². The van der Waals surface area contributed by atoms with Gasteiger partial charge in [-0.25, -0.2) is 0 Å². The standard InChI is InChI=1S/C25H27N3O2/c1-27-22-9-8-19(18-7-2-4-16(12-18)14-26)13-21(22)24-20(23(27)15-29)10-11-28(24)25(30)17-5-3-6-17/h2,4,7-9,12-13,17,20,23-24,29H,3,5-6,10-11,15H2,1H3/t20-,23-,24-/m0/s1. The Hall–Kier alpha value is -2.84. The zero-order valence-corrected chi connectivity index (χ0v) is 17.3. The van der Waals surface area contributed by atoms with E-state index < -0.39 is 0 Å². The Balaban J connectivity index is 1.59. The number of aliphatic hydroxyl groups is 1. The van der Waals surface area contributed by atoms with Crippen molar-refractivity contribution in [2.45, 2.75) is 37.8 Å². The molecule has 2 aliphatic heterocycles. The number of rotatable bonds is 3. The van der Waals surface area contributed by atoms with E-state index in [-0.39, 0.29) is 36.4 Å². The number of carbonyl (C=O) groups excluding carboxylic acids is 1. The van der Waals surface area contributed by atoms with Gasteiger partial charge in [-0.2, -0.15) is 5.26 Å². The molecule has 2 fully saturated rings. The minimum atomic E-state index is 0.0144. The first-order chi connectivity index (χ1) is 14.6. The average molecular weight is 402 g/mol. The Kier molecular flexibility index (Phi) is 4.75. The summed E-state index contributed by atoms with van der Waals surface area (Å²) in [6.45, 7) is 0.858. The number of nitriles is 1. The van der Waals surface area contributed by atoms with Crippen LogP contribution in [-0.2, 0) is 4.79 Å². The first-order valence-electron chi connectivity index (χ1n) is 10.9. The van der Waals surface area contributed by atoms with Gasteiger partial charge in [-0.05, 0) is 60.2 Å². The van der Waals surface area contributed by atoms with Gasteiger partial charge >= 0.3 is 0 Å². The monoisotopic (exact) mass is 401 g/mol. The maximum Gasteiger partial charge on any atom is 0.226 e. The molecule has 1 saturated carbocycles. The fourth-order valence-corrected chi connectivity index (χ4v) is 5.54. The van der Waals surface area contributed by atoms with E-state index in [1.54, 1.807) is 0 Å². The van der Waals surface area contributed by atoms with Gasteiger partial charge in [0.2, 0.25) is 5.91 Å². The van der Waals surface area contributed by atoms with Crippen molar-refractivity contribution in [1.82, 2.24) is 4.90 Å². The third kappa shape index (κ3) is 2.90. The number of carbonyl (C=O) groups is 1. The van der Waals surface area contributed by atoms with Crippen molar-refractivity contribution >= 4 is 11.6 Å². The van der Waals surface area contributed by atoms with Crippen LogP contribution in [0.15, 0.2) is 42.5 Å². The number of anilines is 1. The Bertz CT molecular complexity index is 1020. The fourth-order valence-electron chi connectivity index (χ4n) is 5.54. The molecule has 1 N–H and O–H groups in total. The van der Waals surface area contributed by atoms with Gasteiger partial charge in [-0.3, -0.25) is 4.79 Å². The molecule has 3 atom stereocenters. The maximum atomic E-state index is 13.2. The van der Waals surface area contributed by atoms with Crippen LogP contribution in [-0.4, -0.2) is 42.2 Å². The lowest BCUT2D eigenvalue weighted by molar-refractivity contribution is -0.139. The molecule has 0 spiro atoms. The molecule has 0 unspecified atom stereocenters. The second kappa shape index (κ2) is 7.45. The Morgan fingerprint density at radius 2 is 1.97 bits per heavy atom. The summed E-state index contributed by atoms with van der Waals surface area (Å²) in [5.74, 6) is 0.699. The predicted octanol–water partition coefficient (Wildman–Crippen LogP) is 3.73. The zero-order valence-electron chi connectivity index (χ0n) is 17.3. The minimum absolute atomic E-state index is 0.0144. The molecule has 1 saturated heterocycles. The highest BCUT2D eigenvalue weighted by Crippen LogP contribution is 2.50. The van der Waals surface area contributed by atoms with Crippen molar-refractivity contribution in [2.24, 2.45) is 11.8 Å². The van der Waals surface area contributed by atoms with Gasteiger partial charge < -0.3 is 14.9 Å². The summed E-state index contributed by atoms with van der Waals surface area (Å²) >= 11 is 0. The van der Waals surface area contributed by atoms with Crippen LogP contribution < -0.4 is 4.90 Å². The number of likely N-dealkylation sites (tertiary alicyclic amines) is 1. The summed E-state index contributed by atoms with van der Waals surface area (Å²) in [6.07, 6.45) is 4.08. The first-order valence-corrected chi connectivity index (χ1v) is 10.9. The lowest BCUT2D eigenvalue weighted by atomic mass is 9.80. The molecule has 30 heavy (non-hydrogen) atoms. The molecule has 0 radical (unpaired) electrons. The number of fused-ring (bicyclic) bond motifs is 3. The number of likely N-dealkylation sites (N-methyl/N-ethyl adjacent to an activating group) is 1. The SMILES string of the molecule is CN1c2ccc(-c3cccc(C#N)c3)cc2[C@@H]2[C@@H](CCN2C(=O)C2CCC2)[C@@H]1CO. The molecule has 5 rings (SSSR count). The number of nitrogens with zero attached hydrogens (tertiary/aromatic N) is 3. The first kappa shape index (κ1) is 19.1. The van der Waals surface area contributed by atoms with Gasteiger partial charge in [-0.15, -0.1) is 0 Å². The number of amides is 1. The second-order valence-electron chi connectivity index (χ2n) is 8.88. The molecular formula is C25H27N3O2. The average Bonchev–Trinajstić information content (AvgIpc) is 3.17. The molecule has 2 heterocycles. The molecule has 154 valence electrons. The van der Waals surface area contributed by atoms with E-state index in [2.05, 4.69) is 34.1 Å². The van der Waals surface area contributed by atoms with Gasteiger partial charge in [0.25, 0.3) is 0 Å². The van der Waals surface area contributed by atoms with Gasteiger partial charge in [0.05, 0.1) is 30.3 Å². The summed E-state index contributed by atoms with van der Waals surface area (Å²) in [5, 5.41) is 19.4. The molecule has 2 aromatic carbocycles. The van der Waals surface area contributed by atoms with Crippen LogP contribution in [0.2, 0.25) is 0 Å². The number of hydrogen-bond acceptors (Lipinski definition) is 4. The topological polar surface area (TPSA) is 67.6 Å². The van der Waals surface area contributed by atoms with Crippen molar-refractivity contribution in [3.8, 4) is 17.2 Å². The molecule has 1 aliphatic carbocycles. The molecule has 0 aromatic heterocycles. The van der Waals surface area contributed by atoms with Gasteiger partial charge in [0, 0.05) is 31.1 Å². The largest absolute Gasteiger partial charge is 0.394 e. The summed E-state index contributed by atoms with van der Waals surface area (Å²) in [6, 6.07) is 16.3. The summed E-state index contributed by atoms with van der Waals surface area (Å²) in [4.78, 5) is 17.5. The van der Waals surface area contributed by atoms with Crippen LogP contribution in [0.25, 0.3) is 11.1 Å². The van der Waals surface area contributed by atoms with Crippen molar-refractivity contribution in [3.05, 3.63) is 53.6 Å². The van der Waals surface area contributed by atoms with Crippen molar-refractivity contribution in [3.63, 3.8) is 0 Å². The van der Waals surface area contributed by atoms with Crippen LogP contribution in [0, 0.1) is 23.2 Å². The quantitative estimate of drug-likeness (QED) is 0.851. The van der Waals surface area contributed by atoms with E-state index in [1.165, 1.54) is 0 Å². The van der Waals surface area contributed by atoms with E-state index >= 15 is 0 Å². The predicted molar refractivity (Wildman–Crippen MR) is 116 cm³/mol. The van der Waals surface area contributed by atoms with Gasteiger partial charge in [-0.1, -0.05) is 24.6 Å². The molecule has 5 nitrogen and oxygen atoms in total.